The second-order valence-electron chi connectivity index (χ2n) is 5.42. The van der Waals surface area contributed by atoms with E-state index in [-0.39, 0.29) is 0 Å². The summed E-state index contributed by atoms with van der Waals surface area (Å²) in [5, 5.41) is 0. The maximum absolute atomic E-state index is 5.96. The van der Waals surface area contributed by atoms with Crippen LogP contribution in [0.5, 0.6) is 0 Å². The van der Waals surface area contributed by atoms with Crippen LogP contribution in [0.2, 0.25) is 0 Å². The van der Waals surface area contributed by atoms with Crippen molar-refractivity contribution in [3.8, 4) is 0 Å². The van der Waals surface area contributed by atoms with Crippen molar-refractivity contribution in [1.29, 1.82) is 0 Å². The number of nitrogens with zero attached hydrogens (tertiary/aromatic N) is 1. The molecule has 86 valence electrons. The van der Waals surface area contributed by atoms with Crippen LogP contribution in [0.3, 0.4) is 0 Å². The molecule has 2 nitrogen and oxygen atoms in total. The Morgan fingerprint density at radius 1 is 1.38 bits per heavy atom. The Kier molecular flexibility index (Phi) is 2.30. The van der Waals surface area contributed by atoms with Crippen LogP contribution in [0.15, 0.2) is 18.2 Å². The predicted octanol–water partition coefficient (Wildman–Crippen LogP) is 1.66. The fraction of sp³-hybridized carbons (Fsp3) is 0.571. The first kappa shape index (κ1) is 10.3. The fourth-order valence-corrected chi connectivity index (χ4v) is 2.95. The Hall–Kier alpha value is -0.860. The van der Waals surface area contributed by atoms with Crippen molar-refractivity contribution in [2.24, 2.45) is 5.73 Å². The topological polar surface area (TPSA) is 29.3 Å². The molecule has 0 radical (unpaired) electrons. The van der Waals surface area contributed by atoms with Gasteiger partial charge in [-0.3, -0.25) is 0 Å². The van der Waals surface area contributed by atoms with Crippen LogP contribution in [0.1, 0.15) is 29.5 Å². The SMILES string of the molecule is CN1CCc2cccc(C3(CN)CC3)c2C1. The third-order valence-corrected chi connectivity index (χ3v) is 4.28. The van der Waals surface area contributed by atoms with Crippen LogP contribution < -0.4 is 5.73 Å². The van der Waals surface area contributed by atoms with Crippen LogP contribution in [0, 0.1) is 0 Å². The van der Waals surface area contributed by atoms with Crippen LogP contribution in [-0.4, -0.2) is 25.0 Å². The second kappa shape index (κ2) is 3.57. The monoisotopic (exact) mass is 216 g/mol. The van der Waals surface area contributed by atoms with Crippen molar-refractivity contribution < 1.29 is 0 Å². The average molecular weight is 216 g/mol. The molecule has 1 heterocycles. The standard InChI is InChI=1S/C14H20N2/c1-16-8-5-11-3-2-4-13(12(11)9-16)14(10-15)6-7-14/h2-4H,5-10,15H2,1H3. The lowest BCUT2D eigenvalue weighted by atomic mass is 9.86. The quantitative estimate of drug-likeness (QED) is 0.814. The highest BCUT2D eigenvalue weighted by atomic mass is 15.1. The van der Waals surface area contributed by atoms with Crippen molar-refractivity contribution in [2.75, 3.05) is 20.1 Å². The van der Waals surface area contributed by atoms with Crippen molar-refractivity contribution in [2.45, 2.75) is 31.2 Å². The van der Waals surface area contributed by atoms with E-state index in [1.54, 1.807) is 16.7 Å². The van der Waals surface area contributed by atoms with Gasteiger partial charge in [-0.25, -0.2) is 0 Å². The number of hydrogen-bond donors (Lipinski definition) is 1. The van der Waals surface area contributed by atoms with E-state index < -0.39 is 0 Å². The smallest absolute Gasteiger partial charge is 0.0236 e. The van der Waals surface area contributed by atoms with Crippen LogP contribution >= 0.6 is 0 Å². The molecule has 3 rings (SSSR count). The third kappa shape index (κ3) is 1.48. The van der Waals surface area contributed by atoms with E-state index in [1.165, 1.54) is 25.8 Å². The summed E-state index contributed by atoms with van der Waals surface area (Å²) in [4.78, 5) is 2.42. The summed E-state index contributed by atoms with van der Waals surface area (Å²) in [5.41, 5.74) is 11.0. The first-order chi connectivity index (χ1) is 7.75. The zero-order valence-corrected chi connectivity index (χ0v) is 10.00. The highest BCUT2D eigenvalue weighted by Gasteiger charge is 2.44. The molecular weight excluding hydrogens is 196 g/mol. The molecule has 16 heavy (non-hydrogen) atoms. The molecule has 1 aliphatic heterocycles. The lowest BCUT2D eigenvalue weighted by molar-refractivity contribution is 0.310. The minimum Gasteiger partial charge on any atom is -0.330 e. The Morgan fingerprint density at radius 3 is 2.88 bits per heavy atom. The van der Waals surface area contributed by atoms with Gasteiger partial charge in [0.15, 0.2) is 0 Å². The van der Waals surface area contributed by atoms with Gasteiger partial charge in [0.1, 0.15) is 0 Å². The summed E-state index contributed by atoms with van der Waals surface area (Å²) >= 11 is 0. The largest absolute Gasteiger partial charge is 0.330 e. The van der Waals surface area contributed by atoms with Crippen molar-refractivity contribution in [3.05, 3.63) is 34.9 Å². The maximum atomic E-state index is 5.96. The molecule has 0 saturated heterocycles. The van der Waals surface area contributed by atoms with Gasteiger partial charge in [-0.1, -0.05) is 18.2 Å². The molecule has 2 N–H and O–H groups in total. The molecule has 0 atom stereocenters. The molecule has 0 unspecified atom stereocenters. The molecule has 1 aromatic rings. The third-order valence-electron chi connectivity index (χ3n) is 4.28. The molecule has 0 bridgehead atoms. The molecule has 1 aliphatic carbocycles. The molecule has 0 spiro atoms. The summed E-state index contributed by atoms with van der Waals surface area (Å²) in [5.74, 6) is 0. The molecular formula is C14H20N2. The predicted molar refractivity (Wildman–Crippen MR) is 66.4 cm³/mol. The second-order valence-corrected chi connectivity index (χ2v) is 5.42. The van der Waals surface area contributed by atoms with E-state index in [4.69, 9.17) is 5.73 Å². The number of likely N-dealkylation sites (N-methyl/N-ethyl adjacent to an activating group) is 1. The van der Waals surface area contributed by atoms with Crippen molar-refractivity contribution >= 4 is 0 Å². The number of nitrogens with two attached hydrogens (primary N) is 1. The Morgan fingerprint density at radius 2 is 2.19 bits per heavy atom. The van der Waals surface area contributed by atoms with Crippen LogP contribution in [-0.2, 0) is 18.4 Å². The molecule has 1 saturated carbocycles. The number of hydrogen-bond acceptors (Lipinski definition) is 2. The van der Waals surface area contributed by atoms with Crippen molar-refractivity contribution in [3.63, 3.8) is 0 Å². The van der Waals surface area contributed by atoms with E-state index in [0.717, 1.165) is 13.1 Å². The minimum atomic E-state index is 0.337. The summed E-state index contributed by atoms with van der Waals surface area (Å²) in [6.45, 7) is 3.10. The van der Waals surface area contributed by atoms with Gasteiger partial charge < -0.3 is 10.6 Å². The first-order valence-electron chi connectivity index (χ1n) is 6.25. The van der Waals surface area contributed by atoms with Crippen molar-refractivity contribution in [1.82, 2.24) is 4.90 Å². The van der Waals surface area contributed by atoms with Gasteiger partial charge >= 0.3 is 0 Å². The zero-order valence-electron chi connectivity index (χ0n) is 10.00. The highest BCUT2D eigenvalue weighted by Crippen LogP contribution is 2.49. The van der Waals surface area contributed by atoms with E-state index in [1.807, 2.05) is 0 Å². The van der Waals surface area contributed by atoms with Gasteiger partial charge in [0, 0.05) is 25.0 Å². The molecule has 0 aromatic heterocycles. The minimum absolute atomic E-state index is 0.337. The highest BCUT2D eigenvalue weighted by molar-refractivity contribution is 5.44. The van der Waals surface area contributed by atoms with Crippen LogP contribution in [0.25, 0.3) is 0 Å². The van der Waals surface area contributed by atoms with Gasteiger partial charge in [-0.15, -0.1) is 0 Å². The van der Waals surface area contributed by atoms with Gasteiger partial charge in [0.2, 0.25) is 0 Å². The lowest BCUT2D eigenvalue weighted by Crippen LogP contribution is -2.30. The zero-order chi connectivity index (χ0) is 11.2. The lowest BCUT2D eigenvalue weighted by Gasteiger charge is -2.29. The van der Waals surface area contributed by atoms with Gasteiger partial charge in [-0.2, -0.15) is 0 Å². The molecule has 2 aliphatic rings. The summed E-state index contributed by atoms with van der Waals surface area (Å²) in [6, 6.07) is 6.81. The number of benzene rings is 1. The van der Waals surface area contributed by atoms with E-state index >= 15 is 0 Å². The van der Waals surface area contributed by atoms with E-state index in [9.17, 15) is 0 Å². The summed E-state index contributed by atoms with van der Waals surface area (Å²) < 4.78 is 0. The van der Waals surface area contributed by atoms with Crippen LogP contribution in [0.4, 0.5) is 0 Å². The summed E-state index contributed by atoms with van der Waals surface area (Å²) in [6.07, 6.45) is 3.76. The fourth-order valence-electron chi connectivity index (χ4n) is 2.95. The van der Waals surface area contributed by atoms with E-state index in [2.05, 4.69) is 30.1 Å². The summed E-state index contributed by atoms with van der Waals surface area (Å²) in [7, 11) is 2.21. The van der Waals surface area contributed by atoms with Gasteiger partial charge in [-0.05, 0) is 43.0 Å². The Bertz CT molecular complexity index is 407. The van der Waals surface area contributed by atoms with E-state index in [0.29, 0.717) is 5.41 Å². The Balaban J connectivity index is 2.06. The first-order valence-corrected chi connectivity index (χ1v) is 6.25. The molecule has 1 aromatic carbocycles. The molecule has 1 fully saturated rings. The average Bonchev–Trinajstić information content (AvgIpc) is 3.09. The number of fused-ring (bicyclic) bond motifs is 1. The maximum Gasteiger partial charge on any atom is 0.0236 e. The Labute approximate surface area is 97.4 Å². The number of rotatable bonds is 2. The molecule has 2 heteroatoms. The normalized spacial score (nSPS) is 22.9. The van der Waals surface area contributed by atoms with Gasteiger partial charge in [0.05, 0.1) is 0 Å². The molecule has 0 amide bonds. The van der Waals surface area contributed by atoms with Gasteiger partial charge in [0.25, 0.3) is 0 Å².